The quantitative estimate of drug-likeness (QED) is 0.867. The van der Waals surface area contributed by atoms with E-state index in [9.17, 15) is 4.39 Å². The number of nitrogens with zero attached hydrogens (tertiary/aromatic N) is 1. The summed E-state index contributed by atoms with van der Waals surface area (Å²) < 4.78 is 13.5. The molecule has 2 rings (SSSR count). The molecule has 17 heavy (non-hydrogen) atoms. The van der Waals surface area contributed by atoms with Crippen LogP contribution in [0.3, 0.4) is 0 Å². The van der Waals surface area contributed by atoms with Crippen LogP contribution in [0.15, 0.2) is 24.3 Å². The summed E-state index contributed by atoms with van der Waals surface area (Å²) in [6.45, 7) is 5.10. The molecule has 0 amide bonds. The Hall–Kier alpha value is -0.930. The summed E-state index contributed by atoms with van der Waals surface area (Å²) in [6.07, 6.45) is 1.96. The van der Waals surface area contributed by atoms with Crippen molar-refractivity contribution < 1.29 is 4.39 Å². The summed E-state index contributed by atoms with van der Waals surface area (Å²) in [5.41, 5.74) is 6.50. The molecule has 2 nitrogen and oxygen atoms in total. The van der Waals surface area contributed by atoms with Gasteiger partial charge < -0.3 is 5.73 Å². The standard InChI is InChI=1S/C14H21FN2/c1-11(17-7-6-12(9-16)10-17)8-13-4-2-3-5-14(13)15/h2-5,11-12H,6-10,16H2,1H3. The number of hydrogen-bond donors (Lipinski definition) is 1. The van der Waals surface area contributed by atoms with Crippen LogP contribution in [-0.4, -0.2) is 30.6 Å². The fourth-order valence-electron chi connectivity index (χ4n) is 2.57. The molecule has 0 bridgehead atoms. The van der Waals surface area contributed by atoms with Crippen LogP contribution < -0.4 is 5.73 Å². The molecule has 1 aromatic carbocycles. The van der Waals surface area contributed by atoms with Gasteiger partial charge in [-0.1, -0.05) is 18.2 Å². The van der Waals surface area contributed by atoms with E-state index >= 15 is 0 Å². The first kappa shape index (κ1) is 12.5. The Morgan fingerprint density at radius 2 is 2.24 bits per heavy atom. The first-order valence-corrected chi connectivity index (χ1v) is 6.38. The van der Waals surface area contributed by atoms with Crippen LogP contribution in [-0.2, 0) is 6.42 Å². The van der Waals surface area contributed by atoms with Gasteiger partial charge in [0.05, 0.1) is 0 Å². The lowest BCUT2D eigenvalue weighted by atomic mass is 10.1. The van der Waals surface area contributed by atoms with E-state index in [0.717, 1.165) is 31.6 Å². The van der Waals surface area contributed by atoms with Gasteiger partial charge in [0.15, 0.2) is 0 Å². The minimum atomic E-state index is -0.0890. The highest BCUT2D eigenvalue weighted by atomic mass is 19.1. The Balaban J connectivity index is 1.94. The van der Waals surface area contributed by atoms with E-state index in [4.69, 9.17) is 5.73 Å². The van der Waals surface area contributed by atoms with Crippen LogP contribution in [0.5, 0.6) is 0 Å². The third kappa shape index (κ3) is 3.05. The van der Waals surface area contributed by atoms with Gasteiger partial charge in [-0.2, -0.15) is 0 Å². The SMILES string of the molecule is CC(Cc1ccccc1F)N1CCC(CN)C1. The van der Waals surface area contributed by atoms with Crippen molar-refractivity contribution in [2.45, 2.75) is 25.8 Å². The zero-order chi connectivity index (χ0) is 12.3. The van der Waals surface area contributed by atoms with E-state index in [2.05, 4.69) is 11.8 Å². The molecule has 1 aliphatic rings. The molecule has 1 aromatic rings. The summed E-state index contributed by atoms with van der Waals surface area (Å²) in [4.78, 5) is 2.42. The fourth-order valence-corrected chi connectivity index (χ4v) is 2.57. The number of hydrogen-bond acceptors (Lipinski definition) is 2. The van der Waals surface area contributed by atoms with Crippen molar-refractivity contribution in [3.63, 3.8) is 0 Å². The molecular weight excluding hydrogens is 215 g/mol. The first-order chi connectivity index (χ1) is 8.20. The van der Waals surface area contributed by atoms with Crippen LogP contribution in [0, 0.1) is 11.7 Å². The average Bonchev–Trinajstić information content (AvgIpc) is 2.81. The largest absolute Gasteiger partial charge is 0.330 e. The number of benzene rings is 1. The maximum absolute atomic E-state index is 13.5. The highest BCUT2D eigenvalue weighted by Crippen LogP contribution is 2.20. The molecule has 2 atom stereocenters. The molecule has 1 fully saturated rings. The van der Waals surface area contributed by atoms with Crippen molar-refractivity contribution >= 4 is 0 Å². The van der Waals surface area contributed by atoms with E-state index in [0.29, 0.717) is 12.0 Å². The smallest absolute Gasteiger partial charge is 0.126 e. The molecule has 0 aliphatic carbocycles. The van der Waals surface area contributed by atoms with Crippen molar-refractivity contribution in [3.8, 4) is 0 Å². The maximum Gasteiger partial charge on any atom is 0.126 e. The van der Waals surface area contributed by atoms with Gasteiger partial charge in [0.25, 0.3) is 0 Å². The third-order valence-corrected chi connectivity index (χ3v) is 3.75. The minimum Gasteiger partial charge on any atom is -0.330 e. The summed E-state index contributed by atoms with van der Waals surface area (Å²) in [5.74, 6) is 0.534. The maximum atomic E-state index is 13.5. The molecule has 2 unspecified atom stereocenters. The van der Waals surface area contributed by atoms with Crippen LogP contribution in [0.2, 0.25) is 0 Å². The van der Waals surface area contributed by atoms with Gasteiger partial charge in [-0.15, -0.1) is 0 Å². The molecule has 3 heteroatoms. The monoisotopic (exact) mass is 236 g/mol. The number of halogens is 1. The minimum absolute atomic E-state index is 0.0890. The predicted molar refractivity (Wildman–Crippen MR) is 68.3 cm³/mol. The molecule has 1 aliphatic heterocycles. The zero-order valence-electron chi connectivity index (χ0n) is 10.4. The number of likely N-dealkylation sites (tertiary alicyclic amines) is 1. The molecule has 0 saturated carbocycles. The van der Waals surface area contributed by atoms with Crippen LogP contribution >= 0.6 is 0 Å². The molecule has 1 heterocycles. The van der Waals surface area contributed by atoms with Crippen molar-refractivity contribution in [1.82, 2.24) is 4.90 Å². The van der Waals surface area contributed by atoms with Crippen molar-refractivity contribution in [2.24, 2.45) is 11.7 Å². The van der Waals surface area contributed by atoms with E-state index < -0.39 is 0 Å². The van der Waals surface area contributed by atoms with E-state index in [1.165, 1.54) is 12.5 Å². The molecule has 94 valence electrons. The Morgan fingerprint density at radius 3 is 2.88 bits per heavy atom. The normalized spacial score (nSPS) is 22.9. The van der Waals surface area contributed by atoms with Crippen LogP contribution in [0.25, 0.3) is 0 Å². The second-order valence-corrected chi connectivity index (χ2v) is 5.03. The van der Waals surface area contributed by atoms with Gasteiger partial charge in [-0.05, 0) is 50.4 Å². The first-order valence-electron chi connectivity index (χ1n) is 6.38. The summed E-state index contributed by atoms with van der Waals surface area (Å²) in [7, 11) is 0. The Kier molecular flexibility index (Phi) is 4.13. The molecule has 0 spiro atoms. The topological polar surface area (TPSA) is 29.3 Å². The Morgan fingerprint density at radius 1 is 1.47 bits per heavy atom. The lowest BCUT2D eigenvalue weighted by Crippen LogP contribution is -2.33. The second-order valence-electron chi connectivity index (χ2n) is 5.03. The second kappa shape index (κ2) is 5.61. The molecule has 1 saturated heterocycles. The summed E-state index contributed by atoms with van der Waals surface area (Å²) in [6, 6.07) is 7.45. The van der Waals surface area contributed by atoms with E-state index in [1.807, 2.05) is 12.1 Å². The van der Waals surface area contributed by atoms with Gasteiger partial charge in [0, 0.05) is 12.6 Å². The molecular formula is C14H21FN2. The van der Waals surface area contributed by atoms with Gasteiger partial charge >= 0.3 is 0 Å². The Labute approximate surface area is 103 Å². The summed E-state index contributed by atoms with van der Waals surface area (Å²) >= 11 is 0. The molecule has 0 radical (unpaired) electrons. The number of rotatable bonds is 4. The van der Waals surface area contributed by atoms with Crippen LogP contribution in [0.1, 0.15) is 18.9 Å². The highest BCUT2D eigenvalue weighted by molar-refractivity contribution is 5.18. The zero-order valence-corrected chi connectivity index (χ0v) is 10.4. The lowest BCUT2D eigenvalue weighted by molar-refractivity contribution is 0.247. The van der Waals surface area contributed by atoms with Gasteiger partial charge in [-0.25, -0.2) is 4.39 Å². The molecule has 2 N–H and O–H groups in total. The van der Waals surface area contributed by atoms with Crippen molar-refractivity contribution in [2.75, 3.05) is 19.6 Å². The number of nitrogens with two attached hydrogens (primary N) is 1. The van der Waals surface area contributed by atoms with Gasteiger partial charge in [0.1, 0.15) is 5.82 Å². The predicted octanol–water partition coefficient (Wildman–Crippen LogP) is 2.04. The van der Waals surface area contributed by atoms with Gasteiger partial charge in [-0.3, -0.25) is 4.90 Å². The van der Waals surface area contributed by atoms with Crippen LogP contribution in [0.4, 0.5) is 4.39 Å². The van der Waals surface area contributed by atoms with Crippen molar-refractivity contribution in [1.29, 1.82) is 0 Å². The van der Waals surface area contributed by atoms with E-state index in [-0.39, 0.29) is 5.82 Å². The molecule has 0 aromatic heterocycles. The Bertz CT molecular complexity index is 367. The summed E-state index contributed by atoms with van der Waals surface area (Å²) in [5, 5.41) is 0. The highest BCUT2D eigenvalue weighted by Gasteiger charge is 2.25. The van der Waals surface area contributed by atoms with Gasteiger partial charge in [0.2, 0.25) is 0 Å². The fraction of sp³-hybridized carbons (Fsp3) is 0.571. The lowest BCUT2D eigenvalue weighted by Gasteiger charge is -2.24. The van der Waals surface area contributed by atoms with Crippen molar-refractivity contribution in [3.05, 3.63) is 35.6 Å². The third-order valence-electron chi connectivity index (χ3n) is 3.75. The van der Waals surface area contributed by atoms with E-state index in [1.54, 1.807) is 6.07 Å². The average molecular weight is 236 g/mol.